The van der Waals surface area contributed by atoms with Crippen molar-refractivity contribution in [3.05, 3.63) is 58.9 Å². The summed E-state index contributed by atoms with van der Waals surface area (Å²) in [6.07, 6.45) is 0. The molecule has 0 atom stereocenters. The van der Waals surface area contributed by atoms with Crippen LogP contribution in [-0.4, -0.2) is 15.6 Å². The second kappa shape index (κ2) is 7.08. The zero-order valence-electron chi connectivity index (χ0n) is 11.8. The second-order valence-electron chi connectivity index (χ2n) is 4.58. The highest BCUT2D eigenvalue weighted by Gasteiger charge is 2.03. The molecule has 0 aliphatic carbocycles. The Morgan fingerprint density at radius 1 is 1.00 bits per heavy atom. The number of carbonyl (C=O) groups is 1. The first kappa shape index (κ1) is 15.3. The maximum Gasteiger partial charge on any atom is 0.337 e. The Morgan fingerprint density at radius 2 is 1.70 bits per heavy atom. The molecular weight excluding hydrogens is 334 g/mol. The van der Waals surface area contributed by atoms with Gasteiger partial charge in [0.1, 0.15) is 5.69 Å². The van der Waals surface area contributed by atoms with E-state index in [9.17, 15) is 4.79 Å². The van der Waals surface area contributed by atoms with Crippen molar-refractivity contribution < 1.29 is 4.79 Å². The van der Waals surface area contributed by atoms with E-state index in [2.05, 4.69) is 25.8 Å². The van der Waals surface area contributed by atoms with Crippen molar-refractivity contribution in [1.82, 2.24) is 15.0 Å². The van der Waals surface area contributed by atoms with Gasteiger partial charge >= 0.3 is 6.03 Å². The van der Waals surface area contributed by atoms with Gasteiger partial charge in [-0.3, -0.25) is 10.9 Å². The molecule has 2 amide bonds. The Kier molecular flexibility index (Phi) is 4.70. The van der Waals surface area contributed by atoms with Crippen LogP contribution in [0.15, 0.2) is 53.9 Å². The summed E-state index contributed by atoms with van der Waals surface area (Å²) in [5.41, 5.74) is 8.59. The van der Waals surface area contributed by atoms with Gasteiger partial charge in [0.15, 0.2) is 0 Å². The van der Waals surface area contributed by atoms with E-state index in [0.717, 1.165) is 16.9 Å². The number of rotatable bonds is 4. The topological polar surface area (TPSA) is 78.9 Å². The van der Waals surface area contributed by atoms with E-state index < -0.39 is 0 Å². The van der Waals surface area contributed by atoms with Crippen LogP contribution in [0.25, 0.3) is 11.3 Å². The second-order valence-corrected chi connectivity index (χ2v) is 5.62. The average Bonchev–Trinajstić information content (AvgIpc) is 3.10. The molecule has 0 aliphatic heterocycles. The molecular formula is C15H12ClN5OS. The number of nitrogens with one attached hydrogen (secondary N) is 3. The van der Waals surface area contributed by atoms with Gasteiger partial charge in [0.05, 0.1) is 5.69 Å². The number of hydrogen-bond acceptors (Lipinski definition) is 5. The lowest BCUT2D eigenvalue weighted by atomic mass is 10.1. The molecule has 0 aliphatic rings. The Balaban J connectivity index is 1.53. The number of halogens is 1. The van der Waals surface area contributed by atoms with E-state index in [4.69, 9.17) is 11.6 Å². The first-order valence-corrected chi connectivity index (χ1v) is 7.88. The highest BCUT2D eigenvalue weighted by molar-refractivity contribution is 7.03. The molecule has 0 saturated heterocycles. The predicted octanol–water partition coefficient (Wildman–Crippen LogP) is 4.01. The van der Waals surface area contributed by atoms with Gasteiger partial charge in [-0.05, 0) is 47.9 Å². The lowest BCUT2D eigenvalue weighted by Crippen LogP contribution is -2.33. The summed E-state index contributed by atoms with van der Waals surface area (Å²) in [5, 5.41) is 9.18. The average molecular weight is 346 g/mol. The maximum absolute atomic E-state index is 11.8. The quantitative estimate of drug-likeness (QED) is 0.624. The van der Waals surface area contributed by atoms with Crippen LogP contribution in [0.5, 0.6) is 0 Å². The molecule has 1 aromatic heterocycles. The predicted molar refractivity (Wildman–Crippen MR) is 92.6 cm³/mol. The number of hydrazine groups is 1. The third-order valence-electron chi connectivity index (χ3n) is 2.96. The van der Waals surface area contributed by atoms with Crippen molar-refractivity contribution in [2.45, 2.75) is 0 Å². The van der Waals surface area contributed by atoms with Crippen molar-refractivity contribution in [3.8, 4) is 11.3 Å². The Labute approximate surface area is 141 Å². The van der Waals surface area contributed by atoms with Crippen LogP contribution in [0.2, 0.25) is 5.02 Å². The molecule has 3 rings (SSSR count). The molecule has 0 unspecified atom stereocenters. The van der Waals surface area contributed by atoms with Gasteiger partial charge in [0, 0.05) is 21.7 Å². The smallest absolute Gasteiger partial charge is 0.307 e. The standard InChI is InChI=1S/C15H12ClN5OS/c16-11-3-7-12(8-4-11)17-15(22)20-18-13-5-1-10(2-6-13)14-9-23-21-19-14/h1-9,18H,(H2,17,20,22). The summed E-state index contributed by atoms with van der Waals surface area (Å²) in [7, 11) is 0. The minimum atomic E-state index is -0.375. The fourth-order valence-corrected chi connectivity index (χ4v) is 2.43. The molecule has 6 nitrogen and oxygen atoms in total. The Bertz CT molecular complexity index is 775. The molecule has 23 heavy (non-hydrogen) atoms. The molecule has 1 heterocycles. The molecule has 3 aromatic rings. The number of anilines is 2. The summed E-state index contributed by atoms with van der Waals surface area (Å²) in [4.78, 5) is 11.8. The van der Waals surface area contributed by atoms with E-state index >= 15 is 0 Å². The molecule has 0 radical (unpaired) electrons. The van der Waals surface area contributed by atoms with Gasteiger partial charge in [-0.2, -0.15) is 0 Å². The monoisotopic (exact) mass is 345 g/mol. The lowest BCUT2D eigenvalue weighted by Gasteiger charge is -2.10. The van der Waals surface area contributed by atoms with Crippen LogP contribution in [0.4, 0.5) is 16.2 Å². The van der Waals surface area contributed by atoms with E-state index in [1.165, 1.54) is 11.5 Å². The highest BCUT2D eigenvalue weighted by atomic mass is 35.5. The summed E-state index contributed by atoms with van der Waals surface area (Å²) in [6, 6.07) is 14.0. The van der Waals surface area contributed by atoms with Crippen LogP contribution >= 0.6 is 23.1 Å². The van der Waals surface area contributed by atoms with E-state index in [1.807, 2.05) is 29.6 Å². The molecule has 0 saturated carbocycles. The van der Waals surface area contributed by atoms with Crippen LogP contribution in [0.3, 0.4) is 0 Å². The van der Waals surface area contributed by atoms with Gasteiger partial charge in [-0.15, -0.1) is 5.10 Å². The zero-order valence-corrected chi connectivity index (χ0v) is 13.4. The molecule has 8 heteroatoms. The van der Waals surface area contributed by atoms with Gasteiger partial charge in [-0.1, -0.05) is 28.2 Å². The van der Waals surface area contributed by atoms with Crippen LogP contribution < -0.4 is 16.2 Å². The normalized spacial score (nSPS) is 10.1. The SMILES string of the molecule is O=C(NNc1ccc(-c2csnn2)cc1)Nc1ccc(Cl)cc1. The summed E-state index contributed by atoms with van der Waals surface area (Å²) in [6.45, 7) is 0. The van der Waals surface area contributed by atoms with Crippen LogP contribution in [0, 0.1) is 0 Å². The van der Waals surface area contributed by atoms with Crippen molar-refractivity contribution in [2.75, 3.05) is 10.7 Å². The molecule has 0 fully saturated rings. The highest BCUT2D eigenvalue weighted by Crippen LogP contribution is 2.19. The zero-order chi connectivity index (χ0) is 16.1. The van der Waals surface area contributed by atoms with Crippen LogP contribution in [-0.2, 0) is 0 Å². The third kappa shape index (κ3) is 4.18. The maximum atomic E-state index is 11.8. The van der Waals surface area contributed by atoms with Crippen molar-refractivity contribution in [3.63, 3.8) is 0 Å². The van der Waals surface area contributed by atoms with Crippen LogP contribution in [0.1, 0.15) is 0 Å². The summed E-state index contributed by atoms with van der Waals surface area (Å²) >= 11 is 7.09. The number of carbonyl (C=O) groups excluding carboxylic acids is 1. The van der Waals surface area contributed by atoms with E-state index in [-0.39, 0.29) is 6.03 Å². The largest absolute Gasteiger partial charge is 0.337 e. The molecule has 0 spiro atoms. The van der Waals surface area contributed by atoms with Gasteiger partial charge in [0.2, 0.25) is 0 Å². The lowest BCUT2D eigenvalue weighted by molar-refractivity contribution is 0.254. The first-order chi connectivity index (χ1) is 11.2. The van der Waals surface area contributed by atoms with Gasteiger partial charge in [-0.25, -0.2) is 4.79 Å². The number of benzene rings is 2. The molecule has 0 bridgehead atoms. The van der Waals surface area contributed by atoms with E-state index in [1.54, 1.807) is 24.3 Å². The number of aromatic nitrogens is 2. The number of nitrogens with zero attached hydrogens (tertiary/aromatic N) is 2. The van der Waals surface area contributed by atoms with Crippen molar-refractivity contribution in [2.24, 2.45) is 0 Å². The van der Waals surface area contributed by atoms with Crippen molar-refractivity contribution >= 4 is 40.5 Å². The summed E-state index contributed by atoms with van der Waals surface area (Å²) < 4.78 is 3.83. The number of hydrogen-bond donors (Lipinski definition) is 3. The fraction of sp³-hybridized carbons (Fsp3) is 0. The first-order valence-electron chi connectivity index (χ1n) is 6.67. The van der Waals surface area contributed by atoms with Gasteiger partial charge in [0.25, 0.3) is 0 Å². The minimum Gasteiger partial charge on any atom is -0.307 e. The molecule has 116 valence electrons. The van der Waals surface area contributed by atoms with E-state index in [0.29, 0.717) is 10.7 Å². The van der Waals surface area contributed by atoms with Gasteiger partial charge < -0.3 is 5.32 Å². The summed E-state index contributed by atoms with van der Waals surface area (Å²) in [5.74, 6) is 0. The Hall–Kier alpha value is -2.64. The fourth-order valence-electron chi connectivity index (χ4n) is 1.84. The molecule has 3 N–H and O–H groups in total. The van der Waals surface area contributed by atoms with Crippen molar-refractivity contribution in [1.29, 1.82) is 0 Å². The number of amides is 2. The Morgan fingerprint density at radius 3 is 2.35 bits per heavy atom. The molecule has 2 aromatic carbocycles. The third-order valence-corrected chi connectivity index (χ3v) is 3.72. The number of urea groups is 1. The minimum absolute atomic E-state index is 0.375.